The van der Waals surface area contributed by atoms with E-state index in [1.54, 1.807) is 0 Å². The molecular weight excluding hydrogens is 369 g/mol. The van der Waals surface area contributed by atoms with Crippen molar-refractivity contribution >= 4 is 7.60 Å². The maximum atomic E-state index is 12.6. The molecule has 0 aliphatic heterocycles. The van der Waals surface area contributed by atoms with E-state index in [1.165, 1.54) is 38.5 Å². The number of allylic oxidation sites excluding steroid dienone is 4. The number of unbranched alkanes of at least 4 members (excludes halogenated alkanes) is 7. The van der Waals surface area contributed by atoms with Crippen molar-refractivity contribution in [2.45, 2.75) is 96.7 Å². The van der Waals surface area contributed by atoms with Crippen LogP contribution in [-0.4, -0.2) is 42.9 Å². The van der Waals surface area contributed by atoms with Gasteiger partial charge in [-0.1, -0.05) is 51.0 Å². The van der Waals surface area contributed by atoms with Crippen molar-refractivity contribution in [3.05, 3.63) is 24.3 Å². The number of hydrogen-bond acceptors (Lipinski definition) is 2. The Morgan fingerprint density at radius 1 is 0.821 bits per heavy atom. The van der Waals surface area contributed by atoms with Gasteiger partial charge in [0, 0.05) is 6.42 Å². The lowest BCUT2D eigenvalue weighted by Gasteiger charge is -2.35. The van der Waals surface area contributed by atoms with Crippen molar-refractivity contribution in [2.75, 3.05) is 27.7 Å². The maximum absolute atomic E-state index is 12.6. The number of nitrogens with zero attached hydrogens (tertiary/aromatic N) is 1. The predicted molar refractivity (Wildman–Crippen MR) is 123 cm³/mol. The van der Waals surface area contributed by atoms with Gasteiger partial charge in [-0.2, -0.15) is 0 Å². The molecule has 0 aromatic heterocycles. The molecule has 2 unspecified atom stereocenters. The highest BCUT2D eigenvalue weighted by atomic mass is 31.2. The van der Waals surface area contributed by atoms with Gasteiger partial charge in [0.2, 0.25) is 0 Å². The van der Waals surface area contributed by atoms with Crippen molar-refractivity contribution in [3.8, 4) is 0 Å². The highest BCUT2D eigenvalue weighted by Gasteiger charge is 2.41. The van der Waals surface area contributed by atoms with Gasteiger partial charge < -0.3 is 13.9 Å². The molecule has 5 heteroatoms. The monoisotopic (exact) mass is 416 g/mol. The van der Waals surface area contributed by atoms with E-state index in [1.807, 2.05) is 28.1 Å². The maximum Gasteiger partial charge on any atom is 0.385 e. The van der Waals surface area contributed by atoms with E-state index in [0.29, 0.717) is 17.5 Å². The summed E-state index contributed by atoms with van der Waals surface area (Å²) in [7, 11) is 2.30. The summed E-state index contributed by atoms with van der Waals surface area (Å²) in [6.07, 6.45) is 22.2. The number of rotatable bonds is 18. The molecule has 0 saturated carbocycles. The Labute approximate surface area is 175 Å². The van der Waals surface area contributed by atoms with Crippen LogP contribution in [0.1, 0.15) is 90.9 Å². The van der Waals surface area contributed by atoms with Gasteiger partial charge >= 0.3 is 7.60 Å². The van der Waals surface area contributed by atoms with Gasteiger partial charge in [-0.15, -0.1) is 0 Å². The topological polar surface area (TPSA) is 46.5 Å². The van der Waals surface area contributed by atoms with Crippen LogP contribution in [0.15, 0.2) is 24.3 Å². The summed E-state index contributed by atoms with van der Waals surface area (Å²) in [6, 6.07) is 0. The zero-order valence-electron chi connectivity index (χ0n) is 19.2. The summed E-state index contributed by atoms with van der Waals surface area (Å²) in [5.74, 6) is -0.348. The average Bonchev–Trinajstić information content (AvgIpc) is 2.61. The summed E-state index contributed by atoms with van der Waals surface area (Å²) in [4.78, 5) is 10.3. The van der Waals surface area contributed by atoms with E-state index >= 15 is 0 Å². The Bertz CT molecular complexity index is 469. The minimum Gasteiger partial charge on any atom is -0.320 e. The second kappa shape index (κ2) is 16.4. The van der Waals surface area contributed by atoms with Crippen LogP contribution in [0.5, 0.6) is 0 Å². The minimum absolute atomic E-state index is 0.348. The normalized spacial score (nSPS) is 16.1. The molecule has 4 nitrogen and oxygen atoms in total. The molecule has 0 spiro atoms. The van der Waals surface area contributed by atoms with Crippen LogP contribution in [0.3, 0.4) is 0 Å². The van der Waals surface area contributed by atoms with Crippen LogP contribution >= 0.6 is 7.60 Å². The molecular formula is C23H47NO3P+. The first-order valence-corrected chi connectivity index (χ1v) is 13.0. The first-order chi connectivity index (χ1) is 13.3. The molecule has 0 aliphatic carbocycles. The van der Waals surface area contributed by atoms with Gasteiger partial charge in [-0.05, 0) is 57.8 Å². The molecule has 166 valence electrons. The van der Waals surface area contributed by atoms with E-state index in [2.05, 4.69) is 31.2 Å². The average molecular weight is 417 g/mol. The van der Waals surface area contributed by atoms with Crippen LogP contribution in [0.4, 0.5) is 0 Å². The lowest BCUT2D eigenvalue weighted by atomic mass is 10.1. The molecule has 0 bridgehead atoms. The van der Waals surface area contributed by atoms with Gasteiger partial charge in [0.15, 0.2) is 5.78 Å². The summed E-state index contributed by atoms with van der Waals surface area (Å²) in [5.41, 5.74) is 0. The fourth-order valence-corrected chi connectivity index (χ4v) is 5.23. The van der Waals surface area contributed by atoms with E-state index < -0.39 is 7.60 Å². The minimum atomic E-state index is -3.58. The zero-order valence-corrected chi connectivity index (χ0v) is 20.1. The summed E-state index contributed by atoms with van der Waals surface area (Å²) in [6.45, 7) is 4.64. The lowest BCUT2D eigenvalue weighted by Crippen LogP contribution is -2.45. The fraction of sp³-hybridized carbons (Fsp3) is 0.826. The smallest absolute Gasteiger partial charge is 0.320 e. The van der Waals surface area contributed by atoms with Crippen molar-refractivity contribution in [3.63, 3.8) is 0 Å². The quantitative estimate of drug-likeness (QED) is 0.113. The second-order valence-electron chi connectivity index (χ2n) is 8.65. The fourth-order valence-electron chi connectivity index (χ4n) is 3.21. The van der Waals surface area contributed by atoms with Crippen molar-refractivity contribution in [2.24, 2.45) is 0 Å². The second-order valence-corrected chi connectivity index (χ2v) is 10.6. The summed E-state index contributed by atoms with van der Waals surface area (Å²) >= 11 is 0. The molecule has 1 N–H and O–H groups in total. The molecule has 0 aromatic rings. The highest BCUT2D eigenvalue weighted by molar-refractivity contribution is 7.53. The third-order valence-corrected chi connectivity index (χ3v) is 7.17. The van der Waals surface area contributed by atoms with Crippen LogP contribution in [-0.2, 0) is 9.09 Å². The van der Waals surface area contributed by atoms with E-state index in [4.69, 9.17) is 4.52 Å². The van der Waals surface area contributed by atoms with Gasteiger partial charge in [0.25, 0.3) is 0 Å². The van der Waals surface area contributed by atoms with Crippen LogP contribution < -0.4 is 0 Å². The Balaban J connectivity index is 3.78. The Hall–Kier alpha value is -0.410. The molecule has 0 radical (unpaired) electrons. The summed E-state index contributed by atoms with van der Waals surface area (Å²) < 4.78 is 18.5. The van der Waals surface area contributed by atoms with E-state index in [9.17, 15) is 9.46 Å². The largest absolute Gasteiger partial charge is 0.385 e. The number of quaternary nitrogens is 1. The lowest BCUT2D eigenvalue weighted by molar-refractivity contribution is -0.883. The van der Waals surface area contributed by atoms with Crippen LogP contribution in [0.2, 0.25) is 0 Å². The predicted octanol–water partition coefficient (Wildman–Crippen LogP) is 7.05. The number of hydrogen-bond donors (Lipinski definition) is 1. The molecule has 0 amide bonds. The van der Waals surface area contributed by atoms with Gasteiger partial charge in [0.1, 0.15) is 0 Å². The van der Waals surface area contributed by atoms with E-state index in [-0.39, 0.29) is 5.78 Å². The standard InChI is InChI=1S/C23H46NO3P/c1-6-8-9-10-11-12-13-14-15-16-17-18-19-20-22-27-28(25,26)23(21-7-2)24(3,4)5/h10-11,16-17,23H,6-9,12-15,18-22H2,1-5H3/p+1/b11-10-,17-16-. The van der Waals surface area contributed by atoms with Crippen LogP contribution in [0.25, 0.3) is 0 Å². The molecule has 0 aromatic carbocycles. The molecule has 0 saturated heterocycles. The zero-order chi connectivity index (χ0) is 21.3. The Morgan fingerprint density at radius 2 is 1.29 bits per heavy atom. The Kier molecular flexibility index (Phi) is 16.2. The molecule has 0 heterocycles. The first kappa shape index (κ1) is 27.6. The first-order valence-electron chi connectivity index (χ1n) is 11.3. The SMILES string of the molecule is CCCC/C=C\CCCC/C=C\CCCCOP(=O)(O)C(CCC)[N+](C)(C)C. The Morgan fingerprint density at radius 3 is 1.71 bits per heavy atom. The molecule has 0 fully saturated rings. The van der Waals surface area contributed by atoms with Gasteiger partial charge in [-0.3, -0.25) is 4.57 Å². The van der Waals surface area contributed by atoms with Crippen molar-refractivity contribution in [1.29, 1.82) is 0 Å². The van der Waals surface area contributed by atoms with Gasteiger partial charge in [-0.25, -0.2) is 0 Å². The molecule has 28 heavy (non-hydrogen) atoms. The third-order valence-electron chi connectivity index (χ3n) is 4.91. The van der Waals surface area contributed by atoms with Crippen molar-refractivity contribution in [1.82, 2.24) is 0 Å². The van der Waals surface area contributed by atoms with E-state index in [0.717, 1.165) is 32.1 Å². The highest BCUT2D eigenvalue weighted by Crippen LogP contribution is 2.51. The van der Waals surface area contributed by atoms with Gasteiger partial charge in [0.05, 0.1) is 27.7 Å². The van der Waals surface area contributed by atoms with Crippen LogP contribution in [0, 0.1) is 0 Å². The molecule has 0 aliphatic rings. The van der Waals surface area contributed by atoms with Crippen molar-refractivity contribution < 1.29 is 18.5 Å². The molecule has 2 atom stereocenters. The summed E-state index contributed by atoms with van der Waals surface area (Å²) in [5, 5.41) is 0. The molecule has 0 rings (SSSR count). The third kappa shape index (κ3) is 14.6.